The fourth-order valence-electron chi connectivity index (χ4n) is 2.81. The van der Waals surface area contributed by atoms with Gasteiger partial charge in [-0.15, -0.1) is 0 Å². The van der Waals surface area contributed by atoms with Crippen molar-refractivity contribution in [2.75, 3.05) is 17.2 Å². The molecule has 0 saturated carbocycles. The van der Waals surface area contributed by atoms with E-state index in [0.717, 1.165) is 17.7 Å². The van der Waals surface area contributed by atoms with Crippen molar-refractivity contribution in [3.63, 3.8) is 0 Å². The number of ether oxygens (including phenoxy) is 1. The molecule has 3 aromatic carbocycles. The van der Waals surface area contributed by atoms with Gasteiger partial charge in [-0.1, -0.05) is 36.7 Å². The molecule has 0 unspecified atom stereocenters. The van der Waals surface area contributed by atoms with Crippen molar-refractivity contribution in [3.05, 3.63) is 88.4 Å². The quantitative estimate of drug-likeness (QED) is 0.529. The first-order chi connectivity index (χ1) is 14.5. The molecule has 0 heterocycles. The van der Waals surface area contributed by atoms with Crippen LogP contribution in [-0.4, -0.2) is 18.4 Å². The first-order valence-electron chi connectivity index (χ1n) is 9.64. The lowest BCUT2D eigenvalue weighted by molar-refractivity contribution is -0.118. The molecule has 2 N–H and O–H groups in total. The topological polar surface area (TPSA) is 67.4 Å². The molecule has 0 bridgehead atoms. The lowest BCUT2D eigenvalue weighted by Gasteiger charge is -2.10. The third-order valence-corrected chi connectivity index (χ3v) is 5.06. The fourth-order valence-corrected chi connectivity index (χ4v) is 2.98. The molecular formula is C24H23ClN2O3. The predicted molar refractivity (Wildman–Crippen MR) is 121 cm³/mol. The summed E-state index contributed by atoms with van der Waals surface area (Å²) in [6.45, 7) is 3.80. The Kier molecular flexibility index (Phi) is 7.09. The third kappa shape index (κ3) is 5.61. The number of nitrogens with one attached hydrogen (secondary N) is 2. The van der Waals surface area contributed by atoms with Crippen LogP contribution in [0.15, 0.2) is 66.7 Å². The van der Waals surface area contributed by atoms with Crippen LogP contribution in [0.2, 0.25) is 5.02 Å². The highest BCUT2D eigenvalue weighted by atomic mass is 35.5. The molecule has 2 amide bonds. The summed E-state index contributed by atoms with van der Waals surface area (Å²) in [5, 5.41) is 6.23. The van der Waals surface area contributed by atoms with Gasteiger partial charge in [0.25, 0.3) is 11.8 Å². The van der Waals surface area contributed by atoms with Gasteiger partial charge in [-0.2, -0.15) is 0 Å². The van der Waals surface area contributed by atoms with E-state index in [1.54, 1.807) is 42.5 Å². The number of carbonyl (C=O) groups is 2. The highest BCUT2D eigenvalue weighted by molar-refractivity contribution is 6.31. The van der Waals surface area contributed by atoms with Gasteiger partial charge in [0.15, 0.2) is 6.61 Å². The minimum Gasteiger partial charge on any atom is -0.484 e. The summed E-state index contributed by atoms with van der Waals surface area (Å²) < 4.78 is 5.51. The summed E-state index contributed by atoms with van der Waals surface area (Å²) in [4.78, 5) is 24.5. The summed E-state index contributed by atoms with van der Waals surface area (Å²) in [5.74, 6) is -0.000322. The monoisotopic (exact) mass is 422 g/mol. The molecule has 0 aliphatic carbocycles. The molecular weight excluding hydrogens is 400 g/mol. The largest absolute Gasteiger partial charge is 0.484 e. The second-order valence-corrected chi connectivity index (χ2v) is 7.19. The second kappa shape index (κ2) is 9.94. The van der Waals surface area contributed by atoms with E-state index in [9.17, 15) is 9.59 Å². The fraction of sp³-hybridized carbons (Fsp3) is 0.167. The van der Waals surface area contributed by atoms with Gasteiger partial charge in [0.05, 0.1) is 0 Å². The van der Waals surface area contributed by atoms with Gasteiger partial charge in [0, 0.05) is 22.0 Å². The number of carbonyl (C=O) groups excluding carboxylic acids is 2. The van der Waals surface area contributed by atoms with Gasteiger partial charge in [0.1, 0.15) is 5.75 Å². The van der Waals surface area contributed by atoms with Crippen LogP contribution in [0.1, 0.15) is 28.4 Å². The van der Waals surface area contributed by atoms with E-state index in [1.807, 2.05) is 31.2 Å². The van der Waals surface area contributed by atoms with Crippen molar-refractivity contribution in [1.82, 2.24) is 0 Å². The Morgan fingerprint density at radius 3 is 2.30 bits per heavy atom. The highest BCUT2D eigenvalue weighted by Gasteiger charge is 2.10. The number of halogens is 1. The first-order valence-corrected chi connectivity index (χ1v) is 10.0. The molecule has 0 aliphatic rings. The minimum atomic E-state index is -0.252. The molecule has 5 nitrogen and oxygen atoms in total. The number of aryl methyl sites for hydroxylation is 1. The van der Waals surface area contributed by atoms with E-state index >= 15 is 0 Å². The Hall–Kier alpha value is -3.31. The summed E-state index contributed by atoms with van der Waals surface area (Å²) in [6.07, 6.45) is 0.948. The van der Waals surface area contributed by atoms with Crippen LogP contribution in [0.3, 0.4) is 0 Å². The lowest BCUT2D eigenvalue weighted by Crippen LogP contribution is -2.20. The molecule has 6 heteroatoms. The number of rotatable bonds is 7. The van der Waals surface area contributed by atoms with Gasteiger partial charge in [-0.05, 0) is 73.0 Å². The maximum absolute atomic E-state index is 12.4. The normalized spacial score (nSPS) is 10.4. The molecule has 30 heavy (non-hydrogen) atoms. The van der Waals surface area contributed by atoms with Gasteiger partial charge < -0.3 is 15.4 Å². The third-order valence-electron chi connectivity index (χ3n) is 4.65. The molecule has 3 rings (SSSR count). The van der Waals surface area contributed by atoms with E-state index in [2.05, 4.69) is 17.6 Å². The number of hydrogen-bond acceptors (Lipinski definition) is 3. The smallest absolute Gasteiger partial charge is 0.262 e. The predicted octanol–water partition coefficient (Wildman–Crippen LogP) is 5.48. The maximum Gasteiger partial charge on any atom is 0.262 e. The number of anilines is 2. The molecule has 0 radical (unpaired) electrons. The van der Waals surface area contributed by atoms with Gasteiger partial charge in [-0.25, -0.2) is 0 Å². The summed E-state index contributed by atoms with van der Waals surface area (Å²) in [6, 6.07) is 19.6. The second-order valence-electron chi connectivity index (χ2n) is 6.78. The summed E-state index contributed by atoms with van der Waals surface area (Å²) in [5.41, 5.74) is 3.88. The standard InChI is InChI=1S/C24H23ClN2O3/c1-3-17-7-11-19(12-8-17)26-23(28)15-30-20-13-9-18(10-14-20)24(29)27-22-6-4-5-21(25)16(22)2/h4-14H,3,15H2,1-2H3,(H,26,28)(H,27,29). The van der Waals surface area contributed by atoms with Crippen LogP contribution in [0.5, 0.6) is 5.75 Å². The Morgan fingerprint density at radius 1 is 0.933 bits per heavy atom. The zero-order chi connectivity index (χ0) is 21.5. The number of hydrogen-bond donors (Lipinski definition) is 2. The summed E-state index contributed by atoms with van der Waals surface area (Å²) >= 11 is 6.09. The van der Waals surface area contributed by atoms with Crippen LogP contribution < -0.4 is 15.4 Å². The highest BCUT2D eigenvalue weighted by Crippen LogP contribution is 2.23. The van der Waals surface area contributed by atoms with Gasteiger partial charge >= 0.3 is 0 Å². The SMILES string of the molecule is CCc1ccc(NC(=O)COc2ccc(C(=O)Nc3cccc(Cl)c3C)cc2)cc1. The van der Waals surface area contributed by atoms with Crippen LogP contribution in [0.4, 0.5) is 11.4 Å². The van der Waals surface area contributed by atoms with E-state index < -0.39 is 0 Å². The van der Waals surface area contributed by atoms with Gasteiger partial charge in [-0.3, -0.25) is 9.59 Å². The van der Waals surface area contributed by atoms with Gasteiger partial charge in [0.2, 0.25) is 0 Å². The van der Waals surface area contributed by atoms with Crippen LogP contribution in [-0.2, 0) is 11.2 Å². The van der Waals surface area contributed by atoms with Crippen LogP contribution >= 0.6 is 11.6 Å². The van der Waals surface area contributed by atoms with Crippen LogP contribution in [0.25, 0.3) is 0 Å². The van der Waals surface area contributed by atoms with Crippen molar-refractivity contribution in [2.45, 2.75) is 20.3 Å². The summed E-state index contributed by atoms with van der Waals surface area (Å²) in [7, 11) is 0. The van der Waals surface area contributed by atoms with Crippen molar-refractivity contribution in [1.29, 1.82) is 0 Å². The van der Waals surface area contributed by atoms with E-state index in [4.69, 9.17) is 16.3 Å². The molecule has 0 aromatic heterocycles. The molecule has 0 spiro atoms. The Morgan fingerprint density at radius 2 is 1.63 bits per heavy atom. The van der Waals surface area contributed by atoms with Crippen molar-refractivity contribution in [2.24, 2.45) is 0 Å². The first kappa shape index (κ1) is 21.4. The molecule has 0 aliphatic heterocycles. The van der Waals surface area contributed by atoms with E-state index in [0.29, 0.717) is 22.0 Å². The molecule has 0 atom stereocenters. The Labute approximate surface area is 181 Å². The molecule has 0 saturated heterocycles. The van der Waals surface area contributed by atoms with E-state index in [-0.39, 0.29) is 18.4 Å². The van der Waals surface area contributed by atoms with Crippen molar-refractivity contribution >= 4 is 34.8 Å². The minimum absolute atomic E-state index is 0.122. The van der Waals surface area contributed by atoms with Crippen molar-refractivity contribution < 1.29 is 14.3 Å². The maximum atomic E-state index is 12.4. The zero-order valence-electron chi connectivity index (χ0n) is 16.9. The van der Waals surface area contributed by atoms with Crippen molar-refractivity contribution in [3.8, 4) is 5.75 Å². The Balaban J connectivity index is 1.53. The van der Waals surface area contributed by atoms with E-state index in [1.165, 1.54) is 5.56 Å². The molecule has 3 aromatic rings. The molecule has 0 fully saturated rings. The number of amides is 2. The Bertz CT molecular complexity index is 1030. The van der Waals surface area contributed by atoms with Crippen LogP contribution in [0, 0.1) is 6.92 Å². The average Bonchev–Trinajstić information content (AvgIpc) is 2.76. The molecule has 154 valence electrons. The zero-order valence-corrected chi connectivity index (χ0v) is 17.6. The number of benzene rings is 3. The lowest BCUT2D eigenvalue weighted by atomic mass is 10.1. The average molecular weight is 423 g/mol.